The van der Waals surface area contributed by atoms with Gasteiger partial charge >= 0.3 is 6.18 Å². The molecule has 146 valence electrons. The second kappa shape index (κ2) is 7.57. The van der Waals surface area contributed by atoms with Gasteiger partial charge in [0.1, 0.15) is 5.82 Å². The Bertz CT molecular complexity index is 812. The summed E-state index contributed by atoms with van der Waals surface area (Å²) in [5.41, 5.74) is 1.21. The van der Waals surface area contributed by atoms with Crippen LogP contribution in [0.1, 0.15) is 22.7 Å². The molecule has 3 heterocycles. The molecule has 2 aliphatic heterocycles. The molecular formula is C17H18ClF4N5. The molecule has 27 heavy (non-hydrogen) atoms. The first kappa shape index (κ1) is 19.8. The Morgan fingerprint density at radius 1 is 1.15 bits per heavy atom. The van der Waals surface area contributed by atoms with E-state index in [1.54, 1.807) is 6.07 Å². The standard InChI is InChI=1S/C17H17F4N5.ClH/c18-13-6-12-10(1-3-26-4-2-22-9-15(12)26)5-14(13)25-16-23-7-11(8-24-16)17(19,20)21;/h5-8,15,22H,1-4,9H2,(H,23,24,25);1H/t15-;/m0./s1. The fourth-order valence-corrected chi connectivity index (χ4v) is 3.50. The third kappa shape index (κ3) is 3.99. The molecule has 2 aromatic rings. The monoisotopic (exact) mass is 403 g/mol. The van der Waals surface area contributed by atoms with Crippen molar-refractivity contribution in [2.24, 2.45) is 0 Å². The minimum atomic E-state index is -4.50. The van der Waals surface area contributed by atoms with Crippen molar-refractivity contribution in [3.63, 3.8) is 0 Å². The molecule has 1 atom stereocenters. The maximum absolute atomic E-state index is 14.6. The first-order valence-corrected chi connectivity index (χ1v) is 8.35. The van der Waals surface area contributed by atoms with E-state index in [-0.39, 0.29) is 30.1 Å². The molecule has 4 rings (SSSR count). The van der Waals surface area contributed by atoms with Crippen molar-refractivity contribution >= 4 is 24.0 Å². The molecule has 0 radical (unpaired) electrons. The van der Waals surface area contributed by atoms with Gasteiger partial charge in [-0.25, -0.2) is 14.4 Å². The molecule has 1 aromatic heterocycles. The number of nitrogens with zero attached hydrogens (tertiary/aromatic N) is 3. The van der Waals surface area contributed by atoms with Crippen LogP contribution in [0.2, 0.25) is 0 Å². The lowest BCUT2D eigenvalue weighted by Crippen LogP contribution is -2.48. The lowest BCUT2D eigenvalue weighted by Gasteiger charge is -2.41. The summed E-state index contributed by atoms with van der Waals surface area (Å²) in [6.07, 6.45) is -2.35. The maximum Gasteiger partial charge on any atom is 0.419 e. The van der Waals surface area contributed by atoms with E-state index in [4.69, 9.17) is 0 Å². The Hall–Kier alpha value is -1.97. The number of hydrogen-bond donors (Lipinski definition) is 2. The van der Waals surface area contributed by atoms with E-state index in [0.29, 0.717) is 12.4 Å². The van der Waals surface area contributed by atoms with Crippen molar-refractivity contribution in [2.75, 3.05) is 31.5 Å². The van der Waals surface area contributed by atoms with Crippen LogP contribution in [0.25, 0.3) is 0 Å². The van der Waals surface area contributed by atoms with Crippen molar-refractivity contribution < 1.29 is 17.6 Å². The van der Waals surface area contributed by atoms with Gasteiger partial charge in [0.2, 0.25) is 5.95 Å². The van der Waals surface area contributed by atoms with Crippen molar-refractivity contribution in [2.45, 2.75) is 18.6 Å². The molecule has 1 aromatic carbocycles. The minimum absolute atomic E-state index is 0. The van der Waals surface area contributed by atoms with Crippen LogP contribution in [0.3, 0.4) is 0 Å². The lowest BCUT2D eigenvalue weighted by molar-refractivity contribution is -0.138. The van der Waals surface area contributed by atoms with Crippen molar-refractivity contribution in [3.8, 4) is 0 Å². The van der Waals surface area contributed by atoms with E-state index in [2.05, 4.69) is 25.5 Å². The summed E-state index contributed by atoms with van der Waals surface area (Å²) in [6.45, 7) is 3.55. The molecule has 0 unspecified atom stereocenters. The van der Waals surface area contributed by atoms with Crippen LogP contribution in [0.4, 0.5) is 29.2 Å². The lowest BCUT2D eigenvalue weighted by atomic mass is 9.90. The molecule has 2 aliphatic rings. The third-order valence-corrected chi connectivity index (χ3v) is 4.84. The number of halogens is 5. The Kier molecular flexibility index (Phi) is 5.55. The summed E-state index contributed by atoms with van der Waals surface area (Å²) in [5.74, 6) is -0.548. The quantitative estimate of drug-likeness (QED) is 0.754. The number of fused-ring (bicyclic) bond motifs is 3. The summed E-state index contributed by atoms with van der Waals surface area (Å²) >= 11 is 0. The van der Waals surface area contributed by atoms with E-state index in [9.17, 15) is 17.6 Å². The topological polar surface area (TPSA) is 53.1 Å². The largest absolute Gasteiger partial charge is 0.419 e. The Morgan fingerprint density at radius 2 is 1.89 bits per heavy atom. The van der Waals surface area contributed by atoms with Crippen LogP contribution < -0.4 is 10.6 Å². The fourth-order valence-electron chi connectivity index (χ4n) is 3.50. The van der Waals surface area contributed by atoms with Gasteiger partial charge < -0.3 is 10.6 Å². The fraction of sp³-hybridized carbons (Fsp3) is 0.412. The summed E-state index contributed by atoms with van der Waals surface area (Å²) in [4.78, 5) is 9.60. The number of aromatic nitrogens is 2. The number of piperazine rings is 1. The Morgan fingerprint density at radius 3 is 2.59 bits per heavy atom. The summed E-state index contributed by atoms with van der Waals surface area (Å²) < 4.78 is 52.2. The maximum atomic E-state index is 14.6. The molecule has 0 bridgehead atoms. The highest BCUT2D eigenvalue weighted by atomic mass is 35.5. The van der Waals surface area contributed by atoms with Gasteiger partial charge in [-0.1, -0.05) is 0 Å². The van der Waals surface area contributed by atoms with Crippen molar-refractivity contribution in [3.05, 3.63) is 47.0 Å². The van der Waals surface area contributed by atoms with Gasteiger partial charge in [-0.15, -0.1) is 12.4 Å². The van der Waals surface area contributed by atoms with E-state index in [1.807, 2.05) is 0 Å². The highest BCUT2D eigenvalue weighted by Gasteiger charge is 2.32. The summed E-state index contributed by atoms with van der Waals surface area (Å²) in [7, 11) is 0. The molecule has 1 saturated heterocycles. The van der Waals surface area contributed by atoms with E-state index >= 15 is 0 Å². The molecule has 5 nitrogen and oxygen atoms in total. The second-order valence-corrected chi connectivity index (χ2v) is 6.45. The van der Waals surface area contributed by atoms with Crippen molar-refractivity contribution in [1.82, 2.24) is 20.2 Å². The summed E-state index contributed by atoms with van der Waals surface area (Å²) in [6, 6.07) is 3.36. The average Bonchev–Trinajstić information content (AvgIpc) is 2.62. The second-order valence-electron chi connectivity index (χ2n) is 6.45. The van der Waals surface area contributed by atoms with E-state index in [1.165, 1.54) is 6.07 Å². The van der Waals surface area contributed by atoms with Gasteiger partial charge in [0, 0.05) is 44.6 Å². The molecule has 0 spiro atoms. The number of rotatable bonds is 2. The predicted molar refractivity (Wildman–Crippen MR) is 94.9 cm³/mol. The Balaban J connectivity index is 0.00000210. The smallest absolute Gasteiger partial charge is 0.322 e. The number of alkyl halides is 3. The predicted octanol–water partition coefficient (Wildman–Crippen LogP) is 3.30. The zero-order valence-electron chi connectivity index (χ0n) is 14.2. The molecular weight excluding hydrogens is 386 g/mol. The van der Waals surface area contributed by atoms with Crippen LogP contribution in [-0.4, -0.2) is 41.0 Å². The van der Waals surface area contributed by atoms with Gasteiger partial charge in [0.25, 0.3) is 0 Å². The normalized spacial score (nSPS) is 19.6. The molecule has 0 aliphatic carbocycles. The third-order valence-electron chi connectivity index (χ3n) is 4.84. The number of benzene rings is 1. The van der Waals surface area contributed by atoms with Crippen molar-refractivity contribution in [1.29, 1.82) is 0 Å². The SMILES string of the molecule is Cl.Fc1cc2c(cc1Nc1ncc(C(F)(F)F)cn1)CCN1CCNC[C@@H]21. The molecule has 0 saturated carbocycles. The average molecular weight is 404 g/mol. The highest BCUT2D eigenvalue weighted by Crippen LogP contribution is 2.34. The zero-order valence-corrected chi connectivity index (χ0v) is 15.0. The van der Waals surface area contributed by atoms with E-state index in [0.717, 1.165) is 43.7 Å². The Labute approximate surface area is 159 Å². The van der Waals surface area contributed by atoms with Crippen LogP contribution in [0.15, 0.2) is 24.5 Å². The summed E-state index contributed by atoms with van der Waals surface area (Å²) in [5, 5.41) is 6.00. The number of anilines is 2. The minimum Gasteiger partial charge on any atom is -0.322 e. The molecule has 1 fully saturated rings. The number of nitrogens with one attached hydrogen (secondary N) is 2. The molecule has 10 heteroatoms. The molecule has 0 amide bonds. The van der Waals surface area contributed by atoms with Gasteiger partial charge in [0.15, 0.2) is 0 Å². The van der Waals surface area contributed by atoms with Crippen LogP contribution in [0.5, 0.6) is 0 Å². The van der Waals surface area contributed by atoms with Gasteiger partial charge in [-0.05, 0) is 29.7 Å². The molecule has 2 N–H and O–H groups in total. The van der Waals surface area contributed by atoms with Gasteiger partial charge in [-0.3, -0.25) is 4.90 Å². The zero-order chi connectivity index (χ0) is 18.3. The van der Waals surface area contributed by atoms with Crippen LogP contribution in [-0.2, 0) is 12.6 Å². The number of hydrogen-bond acceptors (Lipinski definition) is 5. The first-order chi connectivity index (χ1) is 12.4. The highest BCUT2D eigenvalue weighted by molar-refractivity contribution is 5.85. The van der Waals surface area contributed by atoms with Gasteiger partial charge in [0.05, 0.1) is 11.3 Å². The van der Waals surface area contributed by atoms with Gasteiger partial charge in [-0.2, -0.15) is 13.2 Å². The van der Waals surface area contributed by atoms with E-state index < -0.39 is 17.6 Å². The first-order valence-electron chi connectivity index (χ1n) is 8.35. The van der Waals surface area contributed by atoms with Crippen LogP contribution >= 0.6 is 12.4 Å². The van der Waals surface area contributed by atoms with Crippen LogP contribution in [0, 0.1) is 5.82 Å².